The van der Waals surface area contributed by atoms with Crippen molar-refractivity contribution in [3.05, 3.63) is 24.0 Å². The maximum atomic E-state index is 11.9. The molecule has 0 saturated heterocycles. The molecule has 4 nitrogen and oxygen atoms in total. The molecule has 1 unspecified atom stereocenters. The molecule has 4 heteroatoms. The summed E-state index contributed by atoms with van der Waals surface area (Å²) in [7, 11) is 0. The van der Waals surface area contributed by atoms with E-state index in [0.29, 0.717) is 17.8 Å². The van der Waals surface area contributed by atoms with Gasteiger partial charge < -0.3 is 10.5 Å². The van der Waals surface area contributed by atoms with Crippen LogP contribution in [-0.2, 0) is 14.3 Å². The van der Waals surface area contributed by atoms with Crippen LogP contribution in [0, 0.1) is 5.92 Å². The van der Waals surface area contributed by atoms with E-state index >= 15 is 0 Å². The first-order valence-corrected chi connectivity index (χ1v) is 12.8. The fourth-order valence-electron chi connectivity index (χ4n) is 4.00. The topological polar surface area (TPSA) is 69.4 Å². The van der Waals surface area contributed by atoms with Gasteiger partial charge in [-0.2, -0.15) is 0 Å². The van der Waals surface area contributed by atoms with Crippen LogP contribution < -0.4 is 5.73 Å². The van der Waals surface area contributed by atoms with E-state index in [-0.39, 0.29) is 5.92 Å². The van der Waals surface area contributed by atoms with Crippen LogP contribution in [0.3, 0.4) is 0 Å². The number of nitrogens with two attached hydrogens (primary N) is 1. The smallest absolute Gasteiger partial charge is 0.335 e. The van der Waals surface area contributed by atoms with Crippen LogP contribution in [-0.4, -0.2) is 11.9 Å². The summed E-state index contributed by atoms with van der Waals surface area (Å²) in [4.78, 5) is 23.6. The second-order valence-electron chi connectivity index (χ2n) is 8.87. The summed E-state index contributed by atoms with van der Waals surface area (Å²) >= 11 is 0. The van der Waals surface area contributed by atoms with E-state index in [1.165, 1.54) is 83.5 Å². The fraction of sp³-hybridized carbons (Fsp3) is 0.778. The first kappa shape index (κ1) is 29.4. The molecule has 0 aromatic carbocycles. The lowest BCUT2D eigenvalue weighted by molar-refractivity contribution is -0.134. The molecule has 0 aliphatic heterocycles. The molecule has 0 radical (unpaired) electrons. The van der Waals surface area contributed by atoms with Gasteiger partial charge in [0.25, 0.3) is 0 Å². The molecule has 0 fully saturated rings. The molecule has 1 atom stereocenters. The highest BCUT2D eigenvalue weighted by Crippen LogP contribution is 2.26. The van der Waals surface area contributed by atoms with Crippen molar-refractivity contribution in [1.82, 2.24) is 0 Å². The summed E-state index contributed by atoms with van der Waals surface area (Å²) in [5.74, 6) is -0.594. The molecule has 0 heterocycles. The highest BCUT2D eigenvalue weighted by molar-refractivity contribution is 5.93. The second-order valence-corrected chi connectivity index (χ2v) is 8.87. The molecule has 0 aromatic rings. The van der Waals surface area contributed by atoms with E-state index in [9.17, 15) is 9.59 Å². The van der Waals surface area contributed by atoms with E-state index in [1.807, 2.05) is 13.8 Å². The predicted molar refractivity (Wildman–Crippen MR) is 132 cm³/mol. The molecule has 0 aliphatic rings. The van der Waals surface area contributed by atoms with Crippen molar-refractivity contribution >= 4 is 11.9 Å². The molecule has 0 bridgehead atoms. The highest BCUT2D eigenvalue weighted by Gasteiger charge is 2.21. The van der Waals surface area contributed by atoms with Crippen LogP contribution in [0.4, 0.5) is 0 Å². The number of esters is 1. The van der Waals surface area contributed by atoms with Crippen LogP contribution in [0.1, 0.15) is 130 Å². The third-order valence-electron chi connectivity index (χ3n) is 5.91. The van der Waals surface area contributed by atoms with Crippen molar-refractivity contribution in [2.24, 2.45) is 11.7 Å². The largest absolute Gasteiger partial charge is 0.427 e. The molecule has 0 aromatic heterocycles. The van der Waals surface area contributed by atoms with Crippen molar-refractivity contribution in [3.8, 4) is 0 Å². The van der Waals surface area contributed by atoms with E-state index in [4.69, 9.17) is 10.5 Å². The molecule has 0 spiro atoms. The van der Waals surface area contributed by atoms with Crippen molar-refractivity contribution in [1.29, 1.82) is 0 Å². The first-order chi connectivity index (χ1) is 15.0. The number of rotatable bonds is 21. The van der Waals surface area contributed by atoms with Crippen LogP contribution >= 0.6 is 0 Å². The Bertz CT molecular complexity index is 525. The van der Waals surface area contributed by atoms with Crippen molar-refractivity contribution in [3.63, 3.8) is 0 Å². The molecule has 0 rings (SSSR count). The van der Waals surface area contributed by atoms with Gasteiger partial charge in [-0.25, -0.2) is 4.79 Å². The lowest BCUT2D eigenvalue weighted by Gasteiger charge is -2.19. The van der Waals surface area contributed by atoms with Crippen molar-refractivity contribution in [2.75, 3.05) is 0 Å². The number of ether oxygens (including phenoxy) is 1. The number of hydrogen-bond acceptors (Lipinski definition) is 3. The Balaban J connectivity index is 4.06. The third kappa shape index (κ3) is 15.8. The monoisotopic (exact) mass is 435 g/mol. The van der Waals surface area contributed by atoms with Crippen LogP contribution in [0.2, 0.25) is 0 Å². The van der Waals surface area contributed by atoms with Gasteiger partial charge in [0.15, 0.2) is 0 Å². The van der Waals surface area contributed by atoms with Gasteiger partial charge in [-0.05, 0) is 12.8 Å². The molecular formula is C27H49NO3. The normalized spacial score (nSPS) is 12.9. The Morgan fingerprint density at radius 3 is 1.65 bits per heavy atom. The zero-order chi connectivity index (χ0) is 23.3. The fourth-order valence-corrected chi connectivity index (χ4v) is 4.00. The van der Waals surface area contributed by atoms with Crippen molar-refractivity contribution in [2.45, 2.75) is 130 Å². The average molecular weight is 436 g/mol. The maximum absolute atomic E-state index is 11.9. The Morgan fingerprint density at radius 1 is 0.806 bits per heavy atom. The number of primary amides is 1. The molecule has 180 valence electrons. The summed E-state index contributed by atoms with van der Waals surface area (Å²) in [5.41, 5.74) is 5.99. The Kier molecular flexibility index (Phi) is 19.3. The number of hydrogen-bond donors (Lipinski definition) is 1. The summed E-state index contributed by atoms with van der Waals surface area (Å²) < 4.78 is 5.43. The van der Waals surface area contributed by atoms with Crippen LogP contribution in [0.5, 0.6) is 0 Å². The highest BCUT2D eigenvalue weighted by atomic mass is 16.5. The summed E-state index contributed by atoms with van der Waals surface area (Å²) in [5, 5.41) is 0. The Labute approximate surface area is 192 Å². The lowest BCUT2D eigenvalue weighted by atomic mass is 9.95. The zero-order valence-electron chi connectivity index (χ0n) is 20.7. The molecule has 2 N–H and O–H groups in total. The number of amides is 1. The molecule has 0 saturated carbocycles. The quantitative estimate of drug-likeness (QED) is 0.0866. The summed E-state index contributed by atoms with van der Waals surface area (Å²) in [6, 6.07) is 0. The SMILES string of the molecule is C=CC(=O)OC(=C(CCC)C(N)=O)C(C)CCCCCCCCCCCCCCCC. The second kappa shape index (κ2) is 20.3. The molecule has 1 amide bonds. The minimum Gasteiger partial charge on any atom is -0.427 e. The predicted octanol–water partition coefficient (Wildman–Crippen LogP) is 7.76. The standard InChI is InChI=1S/C27H49NO3/c1-5-8-9-10-11-12-13-14-15-16-17-18-19-20-22-23(4)26(31-25(29)7-3)24(21-6-2)27(28)30/h7,23H,3,5-6,8-22H2,1-2,4H3,(H2,28,30). The van der Waals surface area contributed by atoms with Gasteiger partial charge in [-0.15, -0.1) is 0 Å². The minimum absolute atomic E-state index is 0.00437. The number of carbonyl (C=O) groups is 2. The Morgan fingerprint density at radius 2 is 1.26 bits per heavy atom. The van der Waals surface area contributed by atoms with E-state index in [2.05, 4.69) is 13.5 Å². The summed E-state index contributed by atoms with van der Waals surface area (Å²) in [6.07, 6.45) is 21.9. The van der Waals surface area contributed by atoms with Gasteiger partial charge in [0, 0.05) is 12.0 Å². The van der Waals surface area contributed by atoms with Crippen molar-refractivity contribution < 1.29 is 14.3 Å². The number of allylic oxidation sites excluding steroid dienone is 1. The van der Waals surface area contributed by atoms with Gasteiger partial charge in [-0.1, -0.05) is 124 Å². The zero-order valence-corrected chi connectivity index (χ0v) is 20.7. The van der Waals surface area contributed by atoms with E-state index in [1.54, 1.807) is 0 Å². The van der Waals surface area contributed by atoms with E-state index in [0.717, 1.165) is 25.3 Å². The first-order valence-electron chi connectivity index (χ1n) is 12.8. The minimum atomic E-state index is -0.530. The molecule has 0 aliphatic carbocycles. The van der Waals surface area contributed by atoms with Gasteiger partial charge in [0.1, 0.15) is 5.76 Å². The van der Waals surface area contributed by atoms with Gasteiger partial charge in [0.05, 0.1) is 5.57 Å². The van der Waals surface area contributed by atoms with Crippen LogP contribution in [0.25, 0.3) is 0 Å². The summed E-state index contributed by atoms with van der Waals surface area (Å²) in [6.45, 7) is 9.71. The lowest BCUT2D eigenvalue weighted by Crippen LogP contribution is -2.21. The third-order valence-corrected chi connectivity index (χ3v) is 5.91. The maximum Gasteiger partial charge on any atom is 0.335 e. The molecular weight excluding hydrogens is 386 g/mol. The average Bonchev–Trinajstić information content (AvgIpc) is 2.75. The molecule has 31 heavy (non-hydrogen) atoms. The van der Waals surface area contributed by atoms with E-state index < -0.39 is 11.9 Å². The number of unbranched alkanes of at least 4 members (excludes halogenated alkanes) is 13. The van der Waals surface area contributed by atoms with Gasteiger partial charge in [0.2, 0.25) is 5.91 Å². The van der Waals surface area contributed by atoms with Gasteiger partial charge in [-0.3, -0.25) is 4.79 Å². The van der Waals surface area contributed by atoms with Crippen LogP contribution in [0.15, 0.2) is 24.0 Å². The number of carbonyl (C=O) groups excluding carboxylic acids is 2. The van der Waals surface area contributed by atoms with Gasteiger partial charge >= 0.3 is 5.97 Å². The Hall–Kier alpha value is -1.58.